The summed E-state index contributed by atoms with van der Waals surface area (Å²) in [6, 6.07) is 9.61. The molecule has 0 aliphatic rings. The molecule has 0 spiro atoms. The van der Waals surface area contributed by atoms with Gasteiger partial charge in [0.2, 0.25) is 0 Å². The minimum atomic E-state index is -0.440. The molecule has 1 aromatic rings. The third kappa shape index (κ3) is 3.48. The number of rotatable bonds is 6. The highest BCUT2D eigenvalue weighted by atomic mass is 16.8. The van der Waals surface area contributed by atoms with Crippen molar-refractivity contribution in [1.82, 2.24) is 0 Å². The summed E-state index contributed by atoms with van der Waals surface area (Å²) < 4.78 is 10.9. The molecule has 0 bridgehead atoms. The number of hydroxylamine groups is 3. The number of methoxy groups -OCH3 is 1. The van der Waals surface area contributed by atoms with Crippen LogP contribution in [0.15, 0.2) is 30.3 Å². The lowest BCUT2D eigenvalue weighted by Gasteiger charge is -2.32. The third-order valence-electron chi connectivity index (χ3n) is 2.10. The van der Waals surface area contributed by atoms with E-state index in [9.17, 15) is 0 Å². The zero-order valence-corrected chi connectivity index (χ0v) is 10.3. The number of benzene rings is 1. The Balaban J connectivity index is 2.69. The quantitative estimate of drug-likeness (QED) is 0.422. The number of quaternary nitrogens is 1. The Bertz CT molecular complexity index is 300. The van der Waals surface area contributed by atoms with Crippen LogP contribution in [0.1, 0.15) is 6.92 Å². The van der Waals surface area contributed by atoms with Crippen LogP contribution in [0.2, 0.25) is 0 Å². The molecule has 1 atom stereocenters. The molecule has 0 aliphatic carbocycles. The Hall–Kier alpha value is -1.10. The lowest BCUT2D eigenvalue weighted by Crippen LogP contribution is -2.53. The van der Waals surface area contributed by atoms with Crippen LogP contribution < -0.4 is 4.84 Å². The lowest BCUT2D eigenvalue weighted by molar-refractivity contribution is -1.10. The maximum Gasteiger partial charge on any atom is 0.347 e. The molecular formula is C12H20NO3+. The van der Waals surface area contributed by atoms with Gasteiger partial charge in [0.05, 0.1) is 6.61 Å². The van der Waals surface area contributed by atoms with Gasteiger partial charge >= 0.3 is 6.41 Å². The van der Waals surface area contributed by atoms with Gasteiger partial charge in [-0.25, -0.2) is 0 Å². The lowest BCUT2D eigenvalue weighted by atomic mass is 10.3. The second-order valence-electron chi connectivity index (χ2n) is 3.84. The molecule has 90 valence electrons. The zero-order chi connectivity index (χ0) is 12.0. The molecule has 0 radical (unpaired) electrons. The first kappa shape index (κ1) is 13.0. The average Bonchev–Trinajstić information content (AvgIpc) is 2.26. The van der Waals surface area contributed by atoms with E-state index in [2.05, 4.69) is 0 Å². The Morgan fingerprint density at radius 1 is 1.19 bits per heavy atom. The molecule has 16 heavy (non-hydrogen) atoms. The van der Waals surface area contributed by atoms with Gasteiger partial charge in [0, 0.05) is 7.11 Å². The zero-order valence-electron chi connectivity index (χ0n) is 10.3. The molecule has 1 unspecified atom stereocenters. The van der Waals surface area contributed by atoms with Crippen LogP contribution >= 0.6 is 0 Å². The molecule has 1 aromatic carbocycles. The van der Waals surface area contributed by atoms with Crippen molar-refractivity contribution >= 4 is 0 Å². The van der Waals surface area contributed by atoms with Crippen molar-refractivity contribution in [3.63, 3.8) is 0 Å². The van der Waals surface area contributed by atoms with E-state index in [1.54, 1.807) is 7.11 Å². The Morgan fingerprint density at radius 3 is 2.31 bits per heavy atom. The monoisotopic (exact) mass is 226 g/mol. The van der Waals surface area contributed by atoms with Gasteiger partial charge in [-0.15, -0.1) is 0 Å². The Kier molecular flexibility index (Phi) is 4.73. The molecule has 0 N–H and O–H groups in total. The van der Waals surface area contributed by atoms with Gasteiger partial charge in [-0.05, 0) is 19.1 Å². The van der Waals surface area contributed by atoms with Crippen LogP contribution in [0.3, 0.4) is 0 Å². The van der Waals surface area contributed by atoms with Crippen molar-refractivity contribution in [3.05, 3.63) is 30.3 Å². The van der Waals surface area contributed by atoms with Crippen molar-refractivity contribution in [2.45, 2.75) is 13.3 Å². The highest BCUT2D eigenvalue weighted by molar-refractivity contribution is 5.20. The van der Waals surface area contributed by atoms with Crippen LogP contribution in [0.4, 0.5) is 0 Å². The number of nitrogens with zero attached hydrogens (tertiary/aromatic N) is 1. The number of para-hydroxylation sites is 1. The fourth-order valence-electron chi connectivity index (χ4n) is 1.44. The molecule has 4 heteroatoms. The second kappa shape index (κ2) is 5.84. The first-order valence-corrected chi connectivity index (χ1v) is 5.33. The predicted molar refractivity (Wildman–Crippen MR) is 61.6 cm³/mol. The van der Waals surface area contributed by atoms with E-state index in [-0.39, 0.29) is 4.65 Å². The minimum Gasteiger partial charge on any atom is -0.311 e. The van der Waals surface area contributed by atoms with Crippen molar-refractivity contribution in [1.29, 1.82) is 0 Å². The molecular weight excluding hydrogens is 206 g/mol. The molecule has 0 fully saturated rings. The third-order valence-corrected chi connectivity index (χ3v) is 2.10. The van der Waals surface area contributed by atoms with Crippen LogP contribution in [-0.2, 0) is 9.47 Å². The topological polar surface area (TPSA) is 27.7 Å². The summed E-state index contributed by atoms with van der Waals surface area (Å²) in [4.78, 5) is 5.79. The van der Waals surface area contributed by atoms with Gasteiger partial charge in [0.1, 0.15) is 14.1 Å². The summed E-state index contributed by atoms with van der Waals surface area (Å²) in [6.07, 6.45) is -0.440. The van der Waals surface area contributed by atoms with Crippen LogP contribution in [0.5, 0.6) is 5.75 Å². The second-order valence-corrected chi connectivity index (χ2v) is 3.84. The highest BCUT2D eigenvalue weighted by Gasteiger charge is 2.32. The summed E-state index contributed by atoms with van der Waals surface area (Å²) in [5.74, 6) is 0.786. The standard InChI is InChI=1S/C12H20NO3/c1-5-15-12(14-4)13(2,3)16-11-9-7-6-8-10-11/h6-10,12H,5H2,1-4H3/q+1. The average molecular weight is 226 g/mol. The Morgan fingerprint density at radius 2 is 1.81 bits per heavy atom. The molecule has 4 nitrogen and oxygen atoms in total. The van der Waals surface area contributed by atoms with Gasteiger partial charge in [-0.1, -0.05) is 22.8 Å². The smallest absolute Gasteiger partial charge is 0.311 e. The van der Waals surface area contributed by atoms with Gasteiger partial charge in [-0.3, -0.25) is 0 Å². The van der Waals surface area contributed by atoms with Crippen LogP contribution in [0, 0.1) is 0 Å². The molecule has 0 aliphatic heterocycles. The molecule has 0 saturated heterocycles. The summed E-state index contributed by atoms with van der Waals surface area (Å²) in [5, 5.41) is 0. The fourth-order valence-corrected chi connectivity index (χ4v) is 1.44. The molecule has 0 saturated carbocycles. The molecule has 0 heterocycles. The number of ether oxygens (including phenoxy) is 2. The van der Waals surface area contributed by atoms with E-state index in [0.29, 0.717) is 6.61 Å². The first-order valence-electron chi connectivity index (χ1n) is 5.33. The number of hydrogen-bond donors (Lipinski definition) is 0. The predicted octanol–water partition coefficient (Wildman–Crippen LogP) is 2.02. The fraction of sp³-hybridized carbons (Fsp3) is 0.500. The van der Waals surface area contributed by atoms with Crippen molar-refractivity contribution < 1.29 is 19.0 Å². The normalized spacial score (nSPS) is 13.5. The SMILES string of the molecule is CCOC(OC)[N+](C)(C)Oc1ccccc1. The summed E-state index contributed by atoms with van der Waals surface area (Å²) in [6.45, 7) is 2.51. The van der Waals surface area contributed by atoms with Gasteiger partial charge in [0.25, 0.3) is 0 Å². The van der Waals surface area contributed by atoms with E-state index in [1.807, 2.05) is 51.4 Å². The van der Waals surface area contributed by atoms with E-state index >= 15 is 0 Å². The van der Waals surface area contributed by atoms with Crippen molar-refractivity contribution in [3.8, 4) is 5.75 Å². The molecule has 0 aromatic heterocycles. The summed E-state index contributed by atoms with van der Waals surface area (Å²) in [5.41, 5.74) is 0. The number of hydrogen-bond acceptors (Lipinski definition) is 3. The summed E-state index contributed by atoms with van der Waals surface area (Å²) >= 11 is 0. The first-order chi connectivity index (χ1) is 7.60. The molecule has 1 rings (SSSR count). The molecule has 0 amide bonds. The summed E-state index contributed by atoms with van der Waals surface area (Å²) in [7, 11) is 5.38. The van der Waals surface area contributed by atoms with E-state index < -0.39 is 6.41 Å². The van der Waals surface area contributed by atoms with Crippen LogP contribution in [0.25, 0.3) is 0 Å². The van der Waals surface area contributed by atoms with E-state index in [1.165, 1.54) is 0 Å². The largest absolute Gasteiger partial charge is 0.347 e. The van der Waals surface area contributed by atoms with Gasteiger partial charge < -0.3 is 14.3 Å². The van der Waals surface area contributed by atoms with E-state index in [4.69, 9.17) is 14.3 Å². The van der Waals surface area contributed by atoms with Crippen molar-refractivity contribution in [2.75, 3.05) is 27.8 Å². The van der Waals surface area contributed by atoms with Gasteiger partial charge in [-0.2, -0.15) is 0 Å². The maximum atomic E-state index is 5.79. The van der Waals surface area contributed by atoms with Crippen molar-refractivity contribution in [2.24, 2.45) is 0 Å². The highest BCUT2D eigenvalue weighted by Crippen LogP contribution is 2.17. The van der Waals surface area contributed by atoms with E-state index in [0.717, 1.165) is 5.75 Å². The van der Waals surface area contributed by atoms with Crippen LogP contribution in [-0.4, -0.2) is 38.9 Å². The maximum absolute atomic E-state index is 5.79. The van der Waals surface area contributed by atoms with Gasteiger partial charge in [0.15, 0.2) is 5.75 Å². The minimum absolute atomic E-state index is 0.161. The Labute approximate surface area is 96.9 Å².